The minimum Gasteiger partial charge on any atom is -0.473 e. The van der Waals surface area contributed by atoms with Crippen molar-refractivity contribution in [3.05, 3.63) is 29.8 Å². The molecule has 0 amide bonds. The van der Waals surface area contributed by atoms with Crippen molar-refractivity contribution in [3.8, 4) is 5.75 Å². The Balaban J connectivity index is 2.63. The van der Waals surface area contributed by atoms with Gasteiger partial charge in [-0.2, -0.15) is 0 Å². The lowest BCUT2D eigenvalue weighted by atomic mass is 10.2. The van der Waals surface area contributed by atoms with Crippen LogP contribution in [-0.4, -0.2) is 17.9 Å². The van der Waals surface area contributed by atoms with E-state index < -0.39 is 6.23 Å². The molecule has 3 nitrogen and oxygen atoms in total. The van der Waals surface area contributed by atoms with Crippen LogP contribution in [0.3, 0.4) is 0 Å². The molecule has 1 aromatic carbocycles. The number of benzene rings is 1. The number of hydrogen-bond acceptors (Lipinski definition) is 3. The van der Waals surface area contributed by atoms with E-state index >= 15 is 0 Å². The van der Waals surface area contributed by atoms with Crippen molar-refractivity contribution < 1.29 is 9.84 Å². The standard InChI is InChI=1S/C9H13NO2/c1-7-3-2-4-8(5-7)12-9(10)6-11/h2-5,9,11H,6,10H2,1H3. The molecule has 1 rings (SSSR count). The highest BCUT2D eigenvalue weighted by atomic mass is 16.5. The molecule has 0 bridgehead atoms. The van der Waals surface area contributed by atoms with E-state index in [0.29, 0.717) is 5.75 Å². The first-order chi connectivity index (χ1) is 5.72. The van der Waals surface area contributed by atoms with Gasteiger partial charge in [-0.1, -0.05) is 12.1 Å². The van der Waals surface area contributed by atoms with E-state index in [9.17, 15) is 0 Å². The van der Waals surface area contributed by atoms with Gasteiger partial charge in [0.15, 0.2) is 6.23 Å². The molecule has 1 atom stereocenters. The summed E-state index contributed by atoms with van der Waals surface area (Å²) in [4.78, 5) is 0. The van der Waals surface area contributed by atoms with Crippen LogP contribution in [0.15, 0.2) is 24.3 Å². The van der Waals surface area contributed by atoms with E-state index in [-0.39, 0.29) is 6.61 Å². The fourth-order valence-electron chi connectivity index (χ4n) is 0.901. The molecule has 0 fully saturated rings. The van der Waals surface area contributed by atoms with Crippen LogP contribution in [0, 0.1) is 6.92 Å². The quantitative estimate of drug-likeness (QED) is 0.650. The zero-order valence-electron chi connectivity index (χ0n) is 7.03. The number of ether oxygens (including phenoxy) is 1. The van der Waals surface area contributed by atoms with Crippen molar-refractivity contribution in [2.75, 3.05) is 6.61 Å². The van der Waals surface area contributed by atoms with Crippen molar-refractivity contribution in [1.82, 2.24) is 0 Å². The Morgan fingerprint density at radius 1 is 1.58 bits per heavy atom. The summed E-state index contributed by atoms with van der Waals surface area (Å²) in [7, 11) is 0. The molecule has 0 saturated heterocycles. The summed E-state index contributed by atoms with van der Waals surface area (Å²) in [5.74, 6) is 0.691. The first-order valence-corrected chi connectivity index (χ1v) is 3.82. The average molecular weight is 167 g/mol. The van der Waals surface area contributed by atoms with Crippen LogP contribution in [0.25, 0.3) is 0 Å². The number of hydrogen-bond donors (Lipinski definition) is 2. The lowest BCUT2D eigenvalue weighted by molar-refractivity contribution is 0.120. The predicted molar refractivity (Wildman–Crippen MR) is 46.9 cm³/mol. The van der Waals surface area contributed by atoms with Crippen molar-refractivity contribution in [3.63, 3.8) is 0 Å². The smallest absolute Gasteiger partial charge is 0.170 e. The Hall–Kier alpha value is -1.06. The number of aliphatic hydroxyl groups excluding tert-OH is 1. The third kappa shape index (κ3) is 2.53. The van der Waals surface area contributed by atoms with E-state index in [4.69, 9.17) is 15.6 Å². The van der Waals surface area contributed by atoms with Gasteiger partial charge in [-0.3, -0.25) is 5.73 Å². The van der Waals surface area contributed by atoms with Crippen LogP contribution in [0.5, 0.6) is 5.75 Å². The maximum Gasteiger partial charge on any atom is 0.170 e. The minimum absolute atomic E-state index is 0.173. The molecule has 3 N–H and O–H groups in total. The molecular formula is C9H13NO2. The lowest BCUT2D eigenvalue weighted by Gasteiger charge is -2.11. The Labute approximate surface area is 71.8 Å². The summed E-state index contributed by atoms with van der Waals surface area (Å²) in [6.07, 6.45) is -0.633. The van der Waals surface area contributed by atoms with Crippen LogP contribution in [-0.2, 0) is 0 Å². The fourth-order valence-corrected chi connectivity index (χ4v) is 0.901. The van der Waals surface area contributed by atoms with E-state index in [2.05, 4.69) is 0 Å². The monoisotopic (exact) mass is 167 g/mol. The Bertz CT molecular complexity index is 250. The van der Waals surface area contributed by atoms with Crippen molar-refractivity contribution >= 4 is 0 Å². The molecule has 12 heavy (non-hydrogen) atoms. The molecular weight excluding hydrogens is 154 g/mol. The number of nitrogens with two attached hydrogens (primary N) is 1. The number of aliphatic hydroxyl groups is 1. The van der Waals surface area contributed by atoms with Gasteiger partial charge < -0.3 is 9.84 Å². The second-order valence-corrected chi connectivity index (χ2v) is 2.66. The van der Waals surface area contributed by atoms with Gasteiger partial charge in [0.2, 0.25) is 0 Å². The normalized spacial score (nSPS) is 12.6. The zero-order chi connectivity index (χ0) is 8.97. The Kier molecular flexibility index (Phi) is 3.08. The molecule has 1 unspecified atom stereocenters. The van der Waals surface area contributed by atoms with Crippen LogP contribution in [0.1, 0.15) is 5.56 Å². The summed E-state index contributed by atoms with van der Waals surface area (Å²) in [6, 6.07) is 7.53. The van der Waals surface area contributed by atoms with Gasteiger partial charge >= 0.3 is 0 Å². The Morgan fingerprint density at radius 2 is 2.33 bits per heavy atom. The predicted octanol–water partition coefficient (Wildman–Crippen LogP) is 0.651. The van der Waals surface area contributed by atoms with Gasteiger partial charge in [0.25, 0.3) is 0 Å². The van der Waals surface area contributed by atoms with Crippen molar-refractivity contribution in [1.29, 1.82) is 0 Å². The van der Waals surface area contributed by atoms with Crippen LogP contribution < -0.4 is 10.5 Å². The highest BCUT2D eigenvalue weighted by Crippen LogP contribution is 2.12. The second kappa shape index (κ2) is 4.09. The summed E-state index contributed by atoms with van der Waals surface area (Å²) in [5.41, 5.74) is 6.49. The van der Waals surface area contributed by atoms with E-state index in [0.717, 1.165) is 5.56 Å². The molecule has 66 valence electrons. The molecule has 0 saturated carbocycles. The highest BCUT2D eigenvalue weighted by molar-refractivity contribution is 5.27. The van der Waals surface area contributed by atoms with Gasteiger partial charge in [0.1, 0.15) is 5.75 Å². The van der Waals surface area contributed by atoms with E-state index in [1.165, 1.54) is 0 Å². The molecule has 0 radical (unpaired) electrons. The summed E-state index contributed by atoms with van der Waals surface area (Å²) in [5, 5.41) is 8.62. The molecule has 3 heteroatoms. The summed E-state index contributed by atoms with van der Waals surface area (Å²) >= 11 is 0. The largest absolute Gasteiger partial charge is 0.473 e. The zero-order valence-corrected chi connectivity index (χ0v) is 7.03. The van der Waals surface area contributed by atoms with Crippen LogP contribution in [0.2, 0.25) is 0 Å². The first-order valence-electron chi connectivity index (χ1n) is 3.82. The van der Waals surface area contributed by atoms with E-state index in [1.54, 1.807) is 0 Å². The fraction of sp³-hybridized carbons (Fsp3) is 0.333. The maximum absolute atomic E-state index is 8.62. The Morgan fingerprint density at radius 3 is 2.92 bits per heavy atom. The molecule has 0 aromatic heterocycles. The molecule has 0 heterocycles. The summed E-state index contributed by atoms with van der Waals surface area (Å²) in [6.45, 7) is 1.80. The van der Waals surface area contributed by atoms with Gasteiger partial charge in [-0.15, -0.1) is 0 Å². The highest BCUT2D eigenvalue weighted by Gasteiger charge is 2.00. The molecule has 0 aliphatic heterocycles. The van der Waals surface area contributed by atoms with E-state index in [1.807, 2.05) is 31.2 Å². The third-order valence-electron chi connectivity index (χ3n) is 1.46. The molecule has 0 aliphatic rings. The average Bonchev–Trinajstić information content (AvgIpc) is 2.04. The SMILES string of the molecule is Cc1cccc(OC(N)CO)c1. The van der Waals surface area contributed by atoms with Crippen LogP contribution >= 0.6 is 0 Å². The van der Waals surface area contributed by atoms with Gasteiger partial charge in [-0.25, -0.2) is 0 Å². The molecule has 1 aromatic rings. The van der Waals surface area contributed by atoms with Gasteiger partial charge in [0.05, 0.1) is 6.61 Å². The number of aryl methyl sites for hydroxylation is 1. The lowest BCUT2D eigenvalue weighted by Crippen LogP contribution is -2.30. The number of rotatable bonds is 3. The van der Waals surface area contributed by atoms with Gasteiger partial charge in [0, 0.05) is 0 Å². The molecule has 0 spiro atoms. The van der Waals surface area contributed by atoms with Crippen molar-refractivity contribution in [2.24, 2.45) is 5.73 Å². The summed E-state index contributed by atoms with van der Waals surface area (Å²) < 4.78 is 5.17. The minimum atomic E-state index is -0.633. The van der Waals surface area contributed by atoms with Gasteiger partial charge in [-0.05, 0) is 24.6 Å². The van der Waals surface area contributed by atoms with Crippen LogP contribution in [0.4, 0.5) is 0 Å². The third-order valence-corrected chi connectivity index (χ3v) is 1.46. The molecule has 0 aliphatic carbocycles. The second-order valence-electron chi connectivity index (χ2n) is 2.66. The first kappa shape index (κ1) is 9.03. The van der Waals surface area contributed by atoms with Crippen molar-refractivity contribution in [2.45, 2.75) is 13.2 Å². The topological polar surface area (TPSA) is 55.5 Å². The maximum atomic E-state index is 8.62.